The number of primary sulfonamides is 1. The predicted octanol–water partition coefficient (Wildman–Crippen LogP) is 2.57. The first kappa shape index (κ1) is 21.6. The van der Waals surface area contributed by atoms with Crippen molar-refractivity contribution < 1.29 is 22.7 Å². The first-order chi connectivity index (χ1) is 13.2. The molecule has 8 heteroatoms. The Labute approximate surface area is 164 Å². The van der Waals surface area contributed by atoms with Crippen molar-refractivity contribution in [2.24, 2.45) is 5.14 Å². The number of amides is 1. The number of Topliss-reactive ketones (excluding diaryl/α,β-unsaturated/α-hetero) is 1. The lowest BCUT2D eigenvalue weighted by molar-refractivity contribution is -0.121. The van der Waals surface area contributed by atoms with E-state index in [4.69, 9.17) is 9.88 Å². The third-order valence-corrected chi connectivity index (χ3v) is 5.08. The van der Waals surface area contributed by atoms with Crippen molar-refractivity contribution in [3.05, 3.63) is 59.7 Å². The highest BCUT2D eigenvalue weighted by Gasteiger charge is 2.14. The number of ether oxygens (including phenoxy) is 1. The maximum Gasteiger partial charge on any atom is 0.238 e. The summed E-state index contributed by atoms with van der Waals surface area (Å²) in [5.41, 5.74) is 1.27. The van der Waals surface area contributed by atoms with Gasteiger partial charge in [0, 0.05) is 18.4 Å². The summed E-state index contributed by atoms with van der Waals surface area (Å²) < 4.78 is 27.9. The summed E-state index contributed by atoms with van der Waals surface area (Å²) in [6.07, 6.45) is 0.155. The maximum absolute atomic E-state index is 12.2. The molecule has 1 atom stereocenters. The molecule has 0 aliphatic heterocycles. The minimum atomic E-state index is -3.75. The van der Waals surface area contributed by atoms with Crippen LogP contribution in [-0.4, -0.2) is 26.7 Å². The SMILES string of the molecule is CCOc1ccc(C(=O)CCC(=O)NC(C)c2ccc(S(N)(=O)=O)cc2)cc1. The fraction of sp³-hybridized carbons (Fsp3) is 0.300. The molecule has 0 aliphatic carbocycles. The van der Waals surface area contributed by atoms with Crippen LogP contribution in [0.1, 0.15) is 48.7 Å². The summed E-state index contributed by atoms with van der Waals surface area (Å²) in [6.45, 7) is 4.21. The van der Waals surface area contributed by atoms with Crippen molar-refractivity contribution in [1.82, 2.24) is 5.32 Å². The van der Waals surface area contributed by atoms with E-state index in [1.54, 1.807) is 43.3 Å². The Morgan fingerprint density at radius 2 is 1.64 bits per heavy atom. The molecule has 0 heterocycles. The fourth-order valence-corrected chi connectivity index (χ4v) is 3.13. The van der Waals surface area contributed by atoms with Gasteiger partial charge in [-0.2, -0.15) is 0 Å². The highest BCUT2D eigenvalue weighted by atomic mass is 32.2. The summed E-state index contributed by atoms with van der Waals surface area (Å²) in [6, 6.07) is 12.5. The molecular formula is C20H24N2O5S. The van der Waals surface area contributed by atoms with E-state index >= 15 is 0 Å². The molecule has 3 N–H and O–H groups in total. The van der Waals surface area contributed by atoms with E-state index in [9.17, 15) is 18.0 Å². The number of carbonyl (C=O) groups is 2. The molecule has 0 aromatic heterocycles. The molecule has 0 aliphatic rings. The normalized spacial score (nSPS) is 12.2. The average molecular weight is 404 g/mol. The minimum absolute atomic E-state index is 0.00993. The van der Waals surface area contributed by atoms with E-state index < -0.39 is 10.0 Å². The number of carbonyl (C=O) groups excluding carboxylic acids is 2. The van der Waals surface area contributed by atoms with Gasteiger partial charge in [0.2, 0.25) is 15.9 Å². The van der Waals surface area contributed by atoms with E-state index in [1.807, 2.05) is 6.92 Å². The van der Waals surface area contributed by atoms with Crippen molar-refractivity contribution in [2.45, 2.75) is 37.6 Å². The van der Waals surface area contributed by atoms with Crippen molar-refractivity contribution in [3.8, 4) is 5.75 Å². The lowest BCUT2D eigenvalue weighted by Gasteiger charge is -2.14. The summed E-state index contributed by atoms with van der Waals surface area (Å²) >= 11 is 0. The van der Waals surface area contributed by atoms with Crippen molar-refractivity contribution in [2.75, 3.05) is 6.61 Å². The number of sulfonamides is 1. The lowest BCUT2D eigenvalue weighted by atomic mass is 10.1. The van der Waals surface area contributed by atoms with Crippen LogP contribution in [0.25, 0.3) is 0 Å². The number of nitrogens with one attached hydrogen (secondary N) is 1. The first-order valence-electron chi connectivity index (χ1n) is 8.89. The maximum atomic E-state index is 12.2. The number of ketones is 1. The molecule has 0 radical (unpaired) electrons. The molecule has 1 amide bonds. The van der Waals surface area contributed by atoms with Crippen LogP contribution in [0.4, 0.5) is 0 Å². The van der Waals surface area contributed by atoms with Gasteiger partial charge >= 0.3 is 0 Å². The number of nitrogens with two attached hydrogens (primary N) is 1. The smallest absolute Gasteiger partial charge is 0.238 e. The predicted molar refractivity (Wildman–Crippen MR) is 106 cm³/mol. The Morgan fingerprint density at radius 3 is 2.18 bits per heavy atom. The Hall–Kier alpha value is -2.71. The molecule has 150 valence electrons. The molecule has 28 heavy (non-hydrogen) atoms. The van der Waals surface area contributed by atoms with Crippen LogP contribution in [0.2, 0.25) is 0 Å². The van der Waals surface area contributed by atoms with Gasteiger partial charge in [-0.15, -0.1) is 0 Å². The number of rotatable bonds is 9. The largest absolute Gasteiger partial charge is 0.494 e. The van der Waals surface area contributed by atoms with E-state index in [2.05, 4.69) is 5.32 Å². The summed E-state index contributed by atoms with van der Waals surface area (Å²) in [4.78, 5) is 24.4. The van der Waals surface area contributed by atoms with Crippen LogP contribution in [-0.2, 0) is 14.8 Å². The molecule has 2 aromatic carbocycles. The lowest BCUT2D eigenvalue weighted by Crippen LogP contribution is -2.27. The molecular weight excluding hydrogens is 380 g/mol. The van der Waals surface area contributed by atoms with E-state index in [0.29, 0.717) is 17.9 Å². The summed E-state index contributed by atoms with van der Waals surface area (Å²) in [5.74, 6) is 0.310. The van der Waals surface area contributed by atoms with Gasteiger partial charge < -0.3 is 10.1 Å². The molecule has 2 aromatic rings. The van der Waals surface area contributed by atoms with Crippen LogP contribution in [0.3, 0.4) is 0 Å². The highest BCUT2D eigenvalue weighted by Crippen LogP contribution is 2.17. The molecule has 0 bridgehead atoms. The van der Waals surface area contributed by atoms with E-state index in [1.165, 1.54) is 12.1 Å². The van der Waals surface area contributed by atoms with Crippen LogP contribution in [0, 0.1) is 0 Å². The number of hydrogen-bond donors (Lipinski definition) is 2. The van der Waals surface area contributed by atoms with Crippen molar-refractivity contribution in [1.29, 1.82) is 0 Å². The third-order valence-electron chi connectivity index (χ3n) is 4.15. The van der Waals surface area contributed by atoms with Gasteiger partial charge in [-0.3, -0.25) is 9.59 Å². The zero-order valence-electron chi connectivity index (χ0n) is 15.8. The van der Waals surface area contributed by atoms with Crippen molar-refractivity contribution in [3.63, 3.8) is 0 Å². The van der Waals surface area contributed by atoms with Gasteiger partial charge in [-0.05, 0) is 55.8 Å². The number of benzene rings is 2. The van der Waals surface area contributed by atoms with Crippen molar-refractivity contribution >= 4 is 21.7 Å². The van der Waals surface area contributed by atoms with Gasteiger partial charge in [-0.1, -0.05) is 12.1 Å². The Balaban J connectivity index is 1.86. The molecule has 0 saturated carbocycles. The van der Waals surface area contributed by atoms with Gasteiger partial charge in [0.1, 0.15) is 5.75 Å². The molecule has 7 nitrogen and oxygen atoms in total. The van der Waals surface area contributed by atoms with E-state index in [0.717, 1.165) is 5.56 Å². The fourth-order valence-electron chi connectivity index (χ4n) is 2.62. The summed E-state index contributed by atoms with van der Waals surface area (Å²) in [7, 11) is -3.75. The second-order valence-electron chi connectivity index (χ2n) is 6.28. The summed E-state index contributed by atoms with van der Waals surface area (Å²) in [5, 5.41) is 7.86. The first-order valence-corrected chi connectivity index (χ1v) is 10.4. The topological polar surface area (TPSA) is 116 Å². The zero-order valence-corrected chi connectivity index (χ0v) is 16.7. The van der Waals surface area contributed by atoms with E-state index in [-0.39, 0.29) is 35.5 Å². The third kappa shape index (κ3) is 6.17. The number of hydrogen-bond acceptors (Lipinski definition) is 5. The van der Waals surface area contributed by atoms with Gasteiger partial charge in [0.15, 0.2) is 5.78 Å². The molecule has 1 unspecified atom stereocenters. The van der Waals surface area contributed by atoms with Crippen LogP contribution in [0.5, 0.6) is 5.75 Å². The molecule has 2 rings (SSSR count). The second-order valence-corrected chi connectivity index (χ2v) is 7.85. The van der Waals surface area contributed by atoms with Gasteiger partial charge in [0.25, 0.3) is 0 Å². The Bertz CT molecular complexity index is 922. The van der Waals surface area contributed by atoms with Crippen LogP contribution in [0.15, 0.2) is 53.4 Å². The quantitative estimate of drug-likeness (QED) is 0.623. The second kappa shape index (κ2) is 9.48. The van der Waals surface area contributed by atoms with Gasteiger partial charge in [0.05, 0.1) is 17.5 Å². The monoisotopic (exact) mass is 404 g/mol. The Kier molecular flexibility index (Phi) is 7.31. The molecule has 0 fully saturated rings. The Morgan fingerprint density at radius 1 is 1.04 bits per heavy atom. The minimum Gasteiger partial charge on any atom is -0.494 e. The van der Waals surface area contributed by atoms with Crippen LogP contribution < -0.4 is 15.2 Å². The van der Waals surface area contributed by atoms with Gasteiger partial charge in [-0.25, -0.2) is 13.6 Å². The molecule has 0 saturated heterocycles. The van der Waals surface area contributed by atoms with Crippen LogP contribution >= 0.6 is 0 Å². The molecule has 0 spiro atoms. The zero-order chi connectivity index (χ0) is 20.7. The standard InChI is InChI=1S/C20H24N2O5S/c1-3-27-17-8-4-16(5-9-17)19(23)12-13-20(24)22-14(2)15-6-10-18(11-7-15)28(21,25)26/h4-11,14H,3,12-13H2,1-2H3,(H,22,24)(H2,21,25,26). The highest BCUT2D eigenvalue weighted by molar-refractivity contribution is 7.89. The average Bonchev–Trinajstić information content (AvgIpc) is 2.66.